The van der Waals surface area contributed by atoms with E-state index in [-0.39, 0.29) is 11.5 Å². The Hall–Kier alpha value is -2.30. The number of rotatable bonds is 1. The maximum Gasteiger partial charge on any atom is 0.276 e. The number of aromatic nitrogens is 2. The van der Waals surface area contributed by atoms with E-state index in [2.05, 4.69) is 5.10 Å². The van der Waals surface area contributed by atoms with Crippen molar-refractivity contribution < 1.29 is 4.79 Å². The number of carbonyl (C=O) groups excluding carboxylic acids is 1. The Morgan fingerprint density at radius 1 is 1.18 bits per heavy atom. The van der Waals surface area contributed by atoms with Gasteiger partial charge in [0.15, 0.2) is 0 Å². The lowest BCUT2D eigenvalue weighted by Crippen LogP contribution is -2.43. The van der Waals surface area contributed by atoms with Crippen LogP contribution in [0.4, 0.5) is 0 Å². The highest BCUT2D eigenvalue weighted by molar-refractivity contribution is 5.81. The van der Waals surface area contributed by atoms with E-state index in [1.807, 2.05) is 51.1 Å². The molecule has 0 aliphatic carbocycles. The molecule has 0 bridgehead atoms. The van der Waals surface area contributed by atoms with Gasteiger partial charge in [-0.2, -0.15) is 0 Å². The quantitative estimate of drug-likeness (QED) is 0.876. The van der Waals surface area contributed by atoms with E-state index >= 15 is 0 Å². The highest BCUT2D eigenvalue weighted by atomic mass is 16.2. The van der Waals surface area contributed by atoms with Gasteiger partial charge in [0, 0.05) is 24.1 Å². The van der Waals surface area contributed by atoms with Crippen molar-refractivity contribution in [3.8, 4) is 5.69 Å². The zero-order valence-electron chi connectivity index (χ0n) is 13.2. The predicted octanol–water partition coefficient (Wildman–Crippen LogP) is 2.10. The molecule has 0 atom stereocenters. The molecule has 1 aliphatic rings. The Kier molecular flexibility index (Phi) is 3.43. The van der Waals surface area contributed by atoms with Gasteiger partial charge in [-0.15, -0.1) is 0 Å². The van der Waals surface area contributed by atoms with E-state index in [1.165, 1.54) is 0 Å². The zero-order valence-corrected chi connectivity index (χ0v) is 13.2. The lowest BCUT2D eigenvalue weighted by Gasteiger charge is -2.31. The molecular weight excluding hydrogens is 278 g/mol. The summed E-state index contributed by atoms with van der Waals surface area (Å²) >= 11 is 0. The molecule has 0 saturated carbocycles. The van der Waals surface area contributed by atoms with Crippen LogP contribution in [-0.4, -0.2) is 27.1 Å². The molecule has 1 N–H and O–H groups in total. The summed E-state index contributed by atoms with van der Waals surface area (Å²) in [6.07, 6.45) is 0.687. The maximum atomic E-state index is 12.6. The average molecular weight is 299 g/mol. The molecule has 1 amide bonds. The number of carbonyl (C=O) groups is 1. The van der Waals surface area contributed by atoms with Crippen LogP contribution in [0.2, 0.25) is 0 Å². The SMILES string of the molecule is CC(C)(C)C(=O)N1CCc2[nH]n(-c3ccccc3)c(=O)c2C1. The lowest BCUT2D eigenvalue weighted by molar-refractivity contribution is -0.140. The summed E-state index contributed by atoms with van der Waals surface area (Å²) in [4.78, 5) is 26.8. The lowest BCUT2D eigenvalue weighted by atomic mass is 9.93. The highest BCUT2D eigenvalue weighted by Crippen LogP contribution is 2.22. The summed E-state index contributed by atoms with van der Waals surface area (Å²) in [7, 11) is 0. The highest BCUT2D eigenvalue weighted by Gasteiger charge is 2.31. The van der Waals surface area contributed by atoms with Gasteiger partial charge in [0.1, 0.15) is 0 Å². The normalized spacial score (nSPS) is 14.8. The van der Waals surface area contributed by atoms with Crippen LogP contribution < -0.4 is 5.56 Å². The van der Waals surface area contributed by atoms with Crippen LogP contribution in [0.25, 0.3) is 5.69 Å². The second-order valence-corrected chi connectivity index (χ2v) is 6.77. The monoisotopic (exact) mass is 299 g/mol. The van der Waals surface area contributed by atoms with Gasteiger partial charge in [-0.05, 0) is 12.1 Å². The second-order valence-electron chi connectivity index (χ2n) is 6.77. The van der Waals surface area contributed by atoms with Crippen LogP contribution in [0.1, 0.15) is 32.0 Å². The van der Waals surface area contributed by atoms with Crippen molar-refractivity contribution in [1.29, 1.82) is 0 Å². The van der Waals surface area contributed by atoms with Crippen LogP contribution in [0.5, 0.6) is 0 Å². The van der Waals surface area contributed by atoms with Gasteiger partial charge >= 0.3 is 0 Å². The van der Waals surface area contributed by atoms with Crippen molar-refractivity contribution in [2.45, 2.75) is 33.7 Å². The molecule has 2 aromatic rings. The Morgan fingerprint density at radius 2 is 1.86 bits per heavy atom. The standard InChI is InChI=1S/C17H21N3O2/c1-17(2,3)16(22)19-10-9-14-13(11-19)15(21)20(18-14)12-7-5-4-6-8-12/h4-8,18H,9-11H2,1-3H3. The third-order valence-corrected chi connectivity index (χ3v) is 4.00. The summed E-state index contributed by atoms with van der Waals surface area (Å²) in [6, 6.07) is 9.50. The number of amides is 1. The number of H-pyrrole nitrogens is 1. The van der Waals surface area contributed by atoms with Gasteiger partial charge in [-0.3, -0.25) is 14.7 Å². The minimum absolute atomic E-state index is 0.0624. The fourth-order valence-corrected chi connectivity index (χ4v) is 2.81. The summed E-state index contributed by atoms with van der Waals surface area (Å²) in [5.41, 5.74) is 1.97. The summed E-state index contributed by atoms with van der Waals surface area (Å²) in [5.74, 6) is 0.0880. The molecule has 0 radical (unpaired) electrons. The Balaban J connectivity index is 1.95. The molecule has 5 heteroatoms. The van der Waals surface area contributed by atoms with Crippen molar-refractivity contribution >= 4 is 5.91 Å². The molecule has 1 aromatic heterocycles. The molecule has 0 unspecified atom stereocenters. The number of hydrogen-bond acceptors (Lipinski definition) is 2. The Morgan fingerprint density at radius 3 is 2.50 bits per heavy atom. The van der Waals surface area contributed by atoms with E-state index < -0.39 is 5.41 Å². The average Bonchev–Trinajstić information content (AvgIpc) is 2.83. The van der Waals surface area contributed by atoms with Gasteiger partial charge in [0.2, 0.25) is 5.91 Å². The number of hydrogen-bond donors (Lipinski definition) is 1. The molecule has 116 valence electrons. The number of nitrogens with one attached hydrogen (secondary N) is 1. The first-order valence-corrected chi connectivity index (χ1v) is 7.55. The maximum absolute atomic E-state index is 12.6. The van der Waals surface area contributed by atoms with Crippen molar-refractivity contribution in [1.82, 2.24) is 14.7 Å². The minimum Gasteiger partial charge on any atom is -0.337 e. The van der Waals surface area contributed by atoms with Crippen molar-refractivity contribution in [3.05, 3.63) is 51.9 Å². The van der Waals surface area contributed by atoms with Gasteiger partial charge in [-0.25, -0.2) is 4.68 Å². The van der Waals surface area contributed by atoms with E-state index in [1.54, 1.807) is 9.58 Å². The van der Waals surface area contributed by atoms with Crippen LogP contribution in [0.3, 0.4) is 0 Å². The number of nitrogens with zero attached hydrogens (tertiary/aromatic N) is 2. The van der Waals surface area contributed by atoms with Crippen LogP contribution in [-0.2, 0) is 17.8 Å². The first-order chi connectivity index (χ1) is 10.4. The number of aromatic amines is 1. The first-order valence-electron chi connectivity index (χ1n) is 7.55. The summed E-state index contributed by atoms with van der Waals surface area (Å²) in [6.45, 7) is 6.76. The van der Waals surface area contributed by atoms with Crippen LogP contribution in [0.15, 0.2) is 35.1 Å². The fourth-order valence-electron chi connectivity index (χ4n) is 2.81. The molecular formula is C17H21N3O2. The predicted molar refractivity (Wildman–Crippen MR) is 85.0 cm³/mol. The minimum atomic E-state index is -0.424. The smallest absolute Gasteiger partial charge is 0.276 e. The van der Waals surface area contributed by atoms with Crippen molar-refractivity contribution in [2.75, 3.05) is 6.54 Å². The van der Waals surface area contributed by atoms with E-state index in [9.17, 15) is 9.59 Å². The van der Waals surface area contributed by atoms with E-state index in [0.29, 0.717) is 25.1 Å². The van der Waals surface area contributed by atoms with Crippen molar-refractivity contribution in [3.63, 3.8) is 0 Å². The van der Waals surface area contributed by atoms with Gasteiger partial charge in [0.25, 0.3) is 5.56 Å². The molecule has 0 saturated heterocycles. The topological polar surface area (TPSA) is 58.1 Å². The zero-order chi connectivity index (χ0) is 15.9. The fraction of sp³-hybridized carbons (Fsp3) is 0.412. The molecule has 0 spiro atoms. The van der Waals surface area contributed by atoms with Gasteiger partial charge < -0.3 is 4.90 Å². The molecule has 1 aromatic carbocycles. The Labute approximate surface area is 129 Å². The molecule has 5 nitrogen and oxygen atoms in total. The number of para-hydroxylation sites is 1. The molecule has 0 fully saturated rings. The van der Waals surface area contributed by atoms with Crippen molar-refractivity contribution in [2.24, 2.45) is 5.41 Å². The molecule has 3 rings (SSSR count). The van der Waals surface area contributed by atoms with E-state index in [4.69, 9.17) is 0 Å². The number of fused-ring (bicyclic) bond motifs is 1. The second kappa shape index (κ2) is 5.16. The Bertz CT molecular complexity index is 750. The first kappa shape index (κ1) is 14.6. The molecule has 1 aliphatic heterocycles. The van der Waals surface area contributed by atoms with Crippen LogP contribution >= 0.6 is 0 Å². The molecule has 2 heterocycles. The number of benzene rings is 1. The summed E-state index contributed by atoms with van der Waals surface area (Å²) in [5, 5.41) is 3.18. The van der Waals surface area contributed by atoms with Gasteiger partial charge in [-0.1, -0.05) is 39.0 Å². The third-order valence-electron chi connectivity index (χ3n) is 4.00. The van der Waals surface area contributed by atoms with Crippen LogP contribution in [0, 0.1) is 5.41 Å². The van der Waals surface area contributed by atoms with E-state index in [0.717, 1.165) is 11.4 Å². The summed E-state index contributed by atoms with van der Waals surface area (Å²) < 4.78 is 1.57. The molecule has 22 heavy (non-hydrogen) atoms. The van der Waals surface area contributed by atoms with Gasteiger partial charge in [0.05, 0.1) is 17.8 Å². The largest absolute Gasteiger partial charge is 0.337 e. The third kappa shape index (κ3) is 2.47.